The topological polar surface area (TPSA) is 72.5 Å². The third-order valence-corrected chi connectivity index (χ3v) is 2.02. The van der Waals surface area contributed by atoms with Crippen LogP contribution in [0, 0.1) is 0 Å². The Morgan fingerprint density at radius 3 is 2.60 bits per heavy atom. The van der Waals surface area contributed by atoms with Crippen LogP contribution < -0.4 is 5.73 Å². The summed E-state index contributed by atoms with van der Waals surface area (Å²) in [6, 6.07) is 6.45. The van der Waals surface area contributed by atoms with Gasteiger partial charge in [-0.15, -0.1) is 0 Å². The van der Waals surface area contributed by atoms with Crippen molar-refractivity contribution >= 4 is 11.7 Å². The number of nitrogens with two attached hydrogens (primary N) is 1. The summed E-state index contributed by atoms with van der Waals surface area (Å²) in [5.74, 6) is -0.442. The second kappa shape index (κ2) is 5.36. The highest BCUT2D eigenvalue weighted by molar-refractivity contribution is 5.89. The molecule has 1 unspecified atom stereocenters. The Hall–Kier alpha value is -1.55. The quantitative estimate of drug-likeness (QED) is 0.577. The highest BCUT2D eigenvalue weighted by atomic mass is 16.5. The predicted molar refractivity (Wildman–Crippen MR) is 57.4 cm³/mol. The molecule has 0 heterocycles. The van der Waals surface area contributed by atoms with E-state index in [9.17, 15) is 9.90 Å². The molecule has 0 aromatic heterocycles. The van der Waals surface area contributed by atoms with E-state index in [2.05, 4.69) is 0 Å². The molecule has 0 radical (unpaired) electrons. The molecule has 4 heteroatoms. The third-order valence-electron chi connectivity index (χ3n) is 2.02. The van der Waals surface area contributed by atoms with Crippen molar-refractivity contribution in [1.82, 2.24) is 0 Å². The van der Waals surface area contributed by atoms with Gasteiger partial charge >= 0.3 is 5.97 Å². The molecule has 4 nitrogen and oxygen atoms in total. The number of benzene rings is 1. The number of carbonyl (C=O) groups excluding carboxylic acids is 1. The first-order chi connectivity index (χ1) is 7.13. The molecule has 1 aromatic rings. The van der Waals surface area contributed by atoms with Crippen molar-refractivity contribution in [2.24, 2.45) is 0 Å². The molecule has 1 rings (SSSR count). The maximum absolute atomic E-state index is 11.4. The van der Waals surface area contributed by atoms with E-state index in [0.717, 1.165) is 0 Å². The highest BCUT2D eigenvalue weighted by Crippen LogP contribution is 2.07. The maximum Gasteiger partial charge on any atom is 0.338 e. The number of nitrogen functional groups attached to an aromatic ring is 1. The zero-order valence-electron chi connectivity index (χ0n) is 8.64. The molecule has 0 amide bonds. The van der Waals surface area contributed by atoms with E-state index in [1.807, 2.05) is 6.92 Å². The number of rotatable bonds is 4. The van der Waals surface area contributed by atoms with E-state index >= 15 is 0 Å². The zero-order chi connectivity index (χ0) is 11.3. The van der Waals surface area contributed by atoms with Crippen molar-refractivity contribution in [3.63, 3.8) is 0 Å². The summed E-state index contributed by atoms with van der Waals surface area (Å²) in [6.07, 6.45) is -0.0302. The highest BCUT2D eigenvalue weighted by Gasteiger charge is 2.09. The lowest BCUT2D eigenvalue weighted by Crippen LogP contribution is -2.17. The van der Waals surface area contributed by atoms with Crippen LogP contribution in [-0.4, -0.2) is 23.8 Å². The van der Waals surface area contributed by atoms with Crippen LogP contribution in [0.25, 0.3) is 0 Å². The Morgan fingerprint density at radius 2 is 2.07 bits per heavy atom. The predicted octanol–water partition coefficient (Wildman–Crippen LogP) is 1.20. The summed E-state index contributed by atoms with van der Waals surface area (Å²) in [6.45, 7) is 1.85. The summed E-state index contributed by atoms with van der Waals surface area (Å²) in [4.78, 5) is 11.4. The molecule has 0 aliphatic rings. The summed E-state index contributed by atoms with van der Waals surface area (Å²) in [5, 5.41) is 9.20. The Balaban J connectivity index is 2.50. The minimum Gasteiger partial charge on any atom is -0.459 e. The molecule has 0 saturated heterocycles. The SMILES string of the molecule is CCC(O)COC(=O)c1ccc(N)cc1. The molecule has 0 bridgehead atoms. The number of aliphatic hydroxyl groups is 1. The second-order valence-corrected chi connectivity index (χ2v) is 3.28. The molecule has 0 aliphatic carbocycles. The summed E-state index contributed by atoms with van der Waals surface area (Å²) < 4.78 is 4.89. The number of ether oxygens (including phenoxy) is 1. The molecule has 0 fully saturated rings. The minimum atomic E-state index is -0.595. The molecule has 1 atom stereocenters. The number of anilines is 1. The monoisotopic (exact) mass is 209 g/mol. The van der Waals surface area contributed by atoms with Crippen molar-refractivity contribution < 1.29 is 14.6 Å². The lowest BCUT2D eigenvalue weighted by atomic mass is 10.2. The molecule has 82 valence electrons. The lowest BCUT2D eigenvalue weighted by Gasteiger charge is -2.08. The van der Waals surface area contributed by atoms with Crippen molar-refractivity contribution in [2.75, 3.05) is 12.3 Å². The van der Waals surface area contributed by atoms with Gasteiger partial charge < -0.3 is 15.6 Å². The molecule has 0 aliphatic heterocycles. The summed E-state index contributed by atoms with van der Waals surface area (Å²) >= 11 is 0. The fourth-order valence-corrected chi connectivity index (χ4v) is 0.992. The van der Waals surface area contributed by atoms with Crippen LogP contribution in [0.15, 0.2) is 24.3 Å². The first kappa shape index (κ1) is 11.5. The van der Waals surface area contributed by atoms with E-state index in [1.165, 1.54) is 0 Å². The lowest BCUT2D eigenvalue weighted by molar-refractivity contribution is 0.0250. The second-order valence-electron chi connectivity index (χ2n) is 3.28. The Kier molecular flexibility index (Phi) is 4.12. The van der Waals surface area contributed by atoms with Crippen LogP contribution in [0.1, 0.15) is 23.7 Å². The van der Waals surface area contributed by atoms with Crippen molar-refractivity contribution in [2.45, 2.75) is 19.4 Å². The molecule has 1 aromatic carbocycles. The average Bonchev–Trinajstić information content (AvgIpc) is 2.26. The van der Waals surface area contributed by atoms with Crippen molar-refractivity contribution in [3.8, 4) is 0 Å². The van der Waals surface area contributed by atoms with Crippen LogP contribution >= 0.6 is 0 Å². The number of hydrogen-bond acceptors (Lipinski definition) is 4. The van der Waals surface area contributed by atoms with Gasteiger partial charge in [-0.2, -0.15) is 0 Å². The van der Waals surface area contributed by atoms with E-state index in [-0.39, 0.29) is 6.61 Å². The Labute approximate surface area is 88.7 Å². The largest absolute Gasteiger partial charge is 0.459 e. The van der Waals surface area contributed by atoms with E-state index in [4.69, 9.17) is 10.5 Å². The zero-order valence-corrected chi connectivity index (χ0v) is 8.64. The summed E-state index contributed by atoms with van der Waals surface area (Å²) in [7, 11) is 0. The van der Waals surface area contributed by atoms with Gasteiger partial charge in [0.1, 0.15) is 6.61 Å². The molecular weight excluding hydrogens is 194 g/mol. The number of hydrogen-bond donors (Lipinski definition) is 2. The summed E-state index contributed by atoms with van der Waals surface area (Å²) in [5.41, 5.74) is 6.51. The van der Waals surface area contributed by atoms with Crippen LogP contribution in [0.2, 0.25) is 0 Å². The van der Waals surface area contributed by atoms with Crippen molar-refractivity contribution in [3.05, 3.63) is 29.8 Å². The molecular formula is C11H15NO3. The molecule has 3 N–H and O–H groups in total. The van der Waals surface area contributed by atoms with Gasteiger partial charge in [0.25, 0.3) is 0 Å². The van der Waals surface area contributed by atoms with Gasteiger partial charge in [-0.3, -0.25) is 0 Å². The standard InChI is InChI=1S/C11H15NO3/c1-2-10(13)7-15-11(14)8-3-5-9(12)6-4-8/h3-6,10,13H,2,7,12H2,1H3. The molecule has 0 spiro atoms. The maximum atomic E-state index is 11.4. The number of aliphatic hydroxyl groups excluding tert-OH is 1. The van der Waals surface area contributed by atoms with Gasteiger partial charge in [0.2, 0.25) is 0 Å². The van der Waals surface area contributed by atoms with Gasteiger partial charge in [0.05, 0.1) is 11.7 Å². The van der Waals surface area contributed by atoms with Crippen LogP contribution in [0.3, 0.4) is 0 Å². The van der Waals surface area contributed by atoms with Crippen LogP contribution in [-0.2, 0) is 4.74 Å². The molecule has 15 heavy (non-hydrogen) atoms. The van der Waals surface area contributed by atoms with Crippen molar-refractivity contribution in [1.29, 1.82) is 0 Å². The normalized spacial score (nSPS) is 12.1. The fraction of sp³-hybridized carbons (Fsp3) is 0.364. The third kappa shape index (κ3) is 3.59. The van der Waals surface area contributed by atoms with Crippen LogP contribution in [0.4, 0.5) is 5.69 Å². The van der Waals surface area contributed by atoms with Gasteiger partial charge in [-0.05, 0) is 30.7 Å². The van der Waals surface area contributed by atoms with Crippen LogP contribution in [0.5, 0.6) is 0 Å². The number of esters is 1. The van der Waals surface area contributed by atoms with E-state index < -0.39 is 12.1 Å². The first-order valence-electron chi connectivity index (χ1n) is 4.84. The van der Waals surface area contributed by atoms with Gasteiger partial charge in [-0.25, -0.2) is 4.79 Å². The van der Waals surface area contributed by atoms with E-state index in [1.54, 1.807) is 24.3 Å². The van der Waals surface area contributed by atoms with E-state index in [0.29, 0.717) is 17.7 Å². The smallest absolute Gasteiger partial charge is 0.338 e. The van der Waals surface area contributed by atoms with Gasteiger partial charge in [-0.1, -0.05) is 6.92 Å². The minimum absolute atomic E-state index is 0.0275. The Morgan fingerprint density at radius 1 is 1.47 bits per heavy atom. The fourth-order valence-electron chi connectivity index (χ4n) is 0.992. The Bertz CT molecular complexity index is 321. The number of carbonyl (C=O) groups is 1. The average molecular weight is 209 g/mol. The van der Waals surface area contributed by atoms with Gasteiger partial charge in [0, 0.05) is 5.69 Å². The van der Waals surface area contributed by atoms with Gasteiger partial charge in [0.15, 0.2) is 0 Å². The first-order valence-corrected chi connectivity index (χ1v) is 4.84. The molecule has 0 saturated carbocycles.